The first-order valence-electron chi connectivity index (χ1n) is 5.52. The molecular formula is C13H10Br2N2O2S. The van der Waals surface area contributed by atoms with E-state index in [9.17, 15) is 9.90 Å². The van der Waals surface area contributed by atoms with Crippen LogP contribution in [-0.4, -0.2) is 11.1 Å². The Hall–Kier alpha value is -1.18. The van der Waals surface area contributed by atoms with Gasteiger partial charge in [0.05, 0.1) is 14.6 Å². The predicted molar refractivity (Wildman–Crippen MR) is 90.4 cm³/mol. The number of halogens is 2. The number of phenols is 1. The smallest absolute Gasteiger partial charge is 0.336 e. The number of nitrogens with one attached hydrogen (secondary N) is 1. The molecule has 4 nitrogen and oxygen atoms in total. The van der Waals surface area contributed by atoms with Gasteiger partial charge < -0.3 is 10.4 Å². The van der Waals surface area contributed by atoms with Gasteiger partial charge in [0.1, 0.15) is 5.75 Å². The minimum absolute atomic E-state index is 0.0685. The van der Waals surface area contributed by atoms with Crippen LogP contribution in [0.5, 0.6) is 5.75 Å². The fourth-order valence-electron chi connectivity index (χ4n) is 1.49. The molecule has 2 amide bonds. The molecule has 0 aromatic heterocycles. The SMILES string of the molecule is O=C(Nc1ccccc1)N(S)c1cc(Br)c(O)c(Br)c1. The van der Waals surface area contributed by atoms with Crippen molar-refractivity contribution in [2.45, 2.75) is 0 Å². The minimum Gasteiger partial charge on any atom is -0.506 e. The van der Waals surface area contributed by atoms with Gasteiger partial charge in [-0.05, 0) is 56.1 Å². The second kappa shape index (κ2) is 6.51. The fraction of sp³-hybridized carbons (Fsp3) is 0. The Bertz CT molecular complexity index is 615. The lowest BCUT2D eigenvalue weighted by Crippen LogP contribution is -2.26. The van der Waals surface area contributed by atoms with Crippen LogP contribution in [0.25, 0.3) is 0 Å². The quantitative estimate of drug-likeness (QED) is 0.614. The summed E-state index contributed by atoms with van der Waals surface area (Å²) in [6, 6.07) is 11.9. The lowest BCUT2D eigenvalue weighted by molar-refractivity contribution is 0.260. The molecule has 0 aliphatic carbocycles. The molecule has 20 heavy (non-hydrogen) atoms. The third-order valence-corrected chi connectivity index (χ3v) is 4.09. The molecule has 104 valence electrons. The Balaban J connectivity index is 2.19. The number of hydrogen-bond acceptors (Lipinski definition) is 3. The molecule has 0 atom stereocenters. The molecule has 0 bridgehead atoms. The molecule has 0 aliphatic rings. The number of rotatable bonds is 2. The molecule has 0 fully saturated rings. The highest BCUT2D eigenvalue weighted by Crippen LogP contribution is 2.37. The maximum Gasteiger partial charge on any atom is 0.336 e. The van der Waals surface area contributed by atoms with Gasteiger partial charge in [-0.1, -0.05) is 31.0 Å². The number of thiol groups is 1. The number of para-hydroxylation sites is 1. The maximum atomic E-state index is 12.1. The number of nitrogens with zero attached hydrogens (tertiary/aromatic N) is 1. The summed E-state index contributed by atoms with van der Waals surface area (Å²) in [5.74, 6) is 0.0685. The van der Waals surface area contributed by atoms with Crippen molar-refractivity contribution in [2.24, 2.45) is 0 Å². The first kappa shape index (κ1) is 15.2. The van der Waals surface area contributed by atoms with E-state index >= 15 is 0 Å². The summed E-state index contributed by atoms with van der Waals surface area (Å²) in [5, 5.41) is 12.4. The zero-order valence-electron chi connectivity index (χ0n) is 10.0. The summed E-state index contributed by atoms with van der Waals surface area (Å²) in [7, 11) is 0. The van der Waals surface area contributed by atoms with E-state index in [1.165, 1.54) is 0 Å². The predicted octanol–water partition coefficient (Wildman–Crippen LogP) is 4.80. The average molecular weight is 418 g/mol. The highest BCUT2D eigenvalue weighted by Gasteiger charge is 2.15. The van der Waals surface area contributed by atoms with Crippen molar-refractivity contribution in [1.29, 1.82) is 0 Å². The van der Waals surface area contributed by atoms with E-state index < -0.39 is 6.03 Å². The number of carbonyl (C=O) groups is 1. The summed E-state index contributed by atoms with van der Waals surface area (Å²) in [6.45, 7) is 0. The van der Waals surface area contributed by atoms with Crippen LogP contribution in [0.3, 0.4) is 0 Å². The first-order chi connectivity index (χ1) is 9.49. The standard InChI is InChI=1S/C13H10Br2N2O2S/c14-10-6-9(7-11(15)12(10)18)17(20)13(19)16-8-4-2-1-3-5-8/h1-7,18,20H,(H,16,19). The van der Waals surface area contributed by atoms with Gasteiger partial charge >= 0.3 is 6.03 Å². The van der Waals surface area contributed by atoms with Gasteiger partial charge in [-0.15, -0.1) is 0 Å². The Labute approximate surface area is 138 Å². The van der Waals surface area contributed by atoms with Gasteiger partial charge in [0.15, 0.2) is 0 Å². The lowest BCUT2D eigenvalue weighted by atomic mass is 10.3. The van der Waals surface area contributed by atoms with Gasteiger partial charge in [-0.2, -0.15) is 0 Å². The molecule has 2 aromatic rings. The van der Waals surface area contributed by atoms with Crippen molar-refractivity contribution in [3.8, 4) is 5.75 Å². The maximum absolute atomic E-state index is 12.1. The second-order valence-electron chi connectivity index (χ2n) is 3.87. The second-order valence-corrected chi connectivity index (χ2v) is 5.97. The van der Waals surface area contributed by atoms with E-state index in [1.54, 1.807) is 24.3 Å². The number of benzene rings is 2. The van der Waals surface area contributed by atoms with Crippen molar-refractivity contribution < 1.29 is 9.90 Å². The van der Waals surface area contributed by atoms with Crippen LogP contribution in [0.15, 0.2) is 51.4 Å². The zero-order valence-corrected chi connectivity index (χ0v) is 14.1. The molecule has 0 heterocycles. The Morgan fingerprint density at radius 1 is 1.15 bits per heavy atom. The molecule has 0 saturated heterocycles. The van der Waals surface area contributed by atoms with Crippen LogP contribution in [-0.2, 0) is 0 Å². The molecular weight excluding hydrogens is 408 g/mol. The summed E-state index contributed by atoms with van der Waals surface area (Å²) in [6.07, 6.45) is 0. The average Bonchev–Trinajstić information content (AvgIpc) is 2.44. The largest absolute Gasteiger partial charge is 0.506 e. The van der Waals surface area contributed by atoms with Crippen LogP contribution in [0, 0.1) is 0 Å². The van der Waals surface area contributed by atoms with Crippen molar-refractivity contribution in [2.75, 3.05) is 9.62 Å². The van der Waals surface area contributed by atoms with E-state index in [4.69, 9.17) is 0 Å². The summed E-state index contributed by atoms with van der Waals surface area (Å²) < 4.78 is 2.09. The molecule has 2 rings (SSSR count). The minimum atomic E-state index is -0.399. The van der Waals surface area contributed by atoms with E-state index in [0.29, 0.717) is 20.3 Å². The monoisotopic (exact) mass is 416 g/mol. The zero-order chi connectivity index (χ0) is 14.7. The molecule has 0 aliphatic heterocycles. The van der Waals surface area contributed by atoms with Crippen LogP contribution in [0.1, 0.15) is 0 Å². The molecule has 0 spiro atoms. The first-order valence-corrected chi connectivity index (χ1v) is 7.50. The third kappa shape index (κ3) is 3.47. The van der Waals surface area contributed by atoms with Gasteiger partial charge in [-0.25, -0.2) is 9.10 Å². The van der Waals surface area contributed by atoms with Crippen LogP contribution < -0.4 is 9.62 Å². The lowest BCUT2D eigenvalue weighted by Gasteiger charge is -2.17. The molecule has 2 N–H and O–H groups in total. The van der Waals surface area contributed by atoms with Crippen LogP contribution in [0.4, 0.5) is 16.2 Å². The Kier molecular flexibility index (Phi) is 4.95. The van der Waals surface area contributed by atoms with Gasteiger partial charge in [0.2, 0.25) is 0 Å². The molecule has 7 heteroatoms. The van der Waals surface area contributed by atoms with E-state index in [2.05, 4.69) is 50.0 Å². The van der Waals surface area contributed by atoms with E-state index in [1.807, 2.05) is 18.2 Å². The van der Waals surface area contributed by atoms with E-state index in [0.717, 1.165) is 4.31 Å². The highest BCUT2D eigenvalue weighted by molar-refractivity contribution is 9.11. The Morgan fingerprint density at radius 2 is 1.70 bits per heavy atom. The van der Waals surface area contributed by atoms with Gasteiger partial charge in [-0.3, -0.25) is 0 Å². The third-order valence-electron chi connectivity index (χ3n) is 2.46. The number of carbonyl (C=O) groups excluding carboxylic acids is 1. The van der Waals surface area contributed by atoms with Crippen molar-refractivity contribution in [3.63, 3.8) is 0 Å². The molecule has 0 radical (unpaired) electrons. The number of aromatic hydroxyl groups is 1. The summed E-state index contributed by atoms with van der Waals surface area (Å²) in [4.78, 5) is 12.1. The van der Waals surface area contributed by atoms with Crippen molar-refractivity contribution in [3.05, 3.63) is 51.4 Å². The summed E-state index contributed by atoms with van der Waals surface area (Å²) >= 11 is 10.6. The molecule has 0 saturated carbocycles. The van der Waals surface area contributed by atoms with Gasteiger partial charge in [0, 0.05) is 5.69 Å². The van der Waals surface area contributed by atoms with Crippen LogP contribution in [0.2, 0.25) is 0 Å². The Morgan fingerprint density at radius 3 is 2.25 bits per heavy atom. The topological polar surface area (TPSA) is 52.6 Å². The van der Waals surface area contributed by atoms with E-state index in [-0.39, 0.29) is 5.75 Å². The number of anilines is 2. The number of urea groups is 1. The van der Waals surface area contributed by atoms with Crippen molar-refractivity contribution >= 4 is 62.1 Å². The highest BCUT2D eigenvalue weighted by atomic mass is 79.9. The number of phenolic OH excluding ortho intramolecular Hbond substituents is 1. The normalized spacial score (nSPS) is 10.2. The van der Waals surface area contributed by atoms with Crippen LogP contribution >= 0.6 is 44.7 Å². The number of hydrogen-bond donors (Lipinski definition) is 3. The summed E-state index contributed by atoms with van der Waals surface area (Å²) in [5.41, 5.74) is 1.19. The fourth-order valence-corrected chi connectivity index (χ4v) is 2.82. The molecule has 2 aromatic carbocycles. The number of amides is 2. The van der Waals surface area contributed by atoms with Crippen molar-refractivity contribution in [1.82, 2.24) is 0 Å². The van der Waals surface area contributed by atoms with Gasteiger partial charge in [0.25, 0.3) is 0 Å². The molecule has 0 unspecified atom stereocenters.